The minimum Gasteiger partial charge on any atom is -0.340 e. The number of hydrogen-bond acceptors (Lipinski definition) is 2. The second kappa shape index (κ2) is 6.65. The molecule has 0 aliphatic rings. The molecule has 0 radical (unpaired) electrons. The lowest BCUT2D eigenvalue weighted by molar-refractivity contribution is -0.858. The molecule has 0 saturated carbocycles. The van der Waals surface area contributed by atoms with Crippen molar-refractivity contribution in [2.75, 3.05) is 27.2 Å². The molecule has 0 aliphatic heterocycles. The SMILES string of the molecule is Cc1ccc(Br)cc1S(=O)(=O)NCCC[NH+](C)C. The third-order valence-electron chi connectivity index (χ3n) is 2.59. The molecule has 1 aromatic rings. The summed E-state index contributed by atoms with van der Waals surface area (Å²) in [5.74, 6) is 0. The molecule has 0 bridgehead atoms. The summed E-state index contributed by atoms with van der Waals surface area (Å²) in [4.78, 5) is 1.65. The van der Waals surface area contributed by atoms with Crippen LogP contribution in [-0.4, -0.2) is 35.6 Å². The molecule has 0 fully saturated rings. The summed E-state index contributed by atoms with van der Waals surface area (Å²) in [7, 11) is 0.696. The van der Waals surface area contributed by atoms with Gasteiger partial charge in [-0.2, -0.15) is 0 Å². The van der Waals surface area contributed by atoms with Crippen molar-refractivity contribution in [3.63, 3.8) is 0 Å². The number of halogens is 1. The van der Waals surface area contributed by atoms with Crippen LogP contribution in [0.5, 0.6) is 0 Å². The molecular weight excluding hydrogens is 316 g/mol. The van der Waals surface area contributed by atoms with Crippen LogP contribution in [-0.2, 0) is 10.0 Å². The highest BCUT2D eigenvalue weighted by molar-refractivity contribution is 9.10. The molecule has 0 saturated heterocycles. The molecule has 102 valence electrons. The fraction of sp³-hybridized carbons (Fsp3) is 0.500. The van der Waals surface area contributed by atoms with Gasteiger partial charge in [-0.25, -0.2) is 13.1 Å². The first-order valence-corrected chi connectivity index (χ1v) is 8.15. The van der Waals surface area contributed by atoms with Gasteiger partial charge in [0, 0.05) is 17.4 Å². The summed E-state index contributed by atoms with van der Waals surface area (Å²) in [6, 6.07) is 5.27. The highest BCUT2D eigenvalue weighted by atomic mass is 79.9. The smallest absolute Gasteiger partial charge is 0.240 e. The Bertz CT molecular complexity index is 501. The molecule has 0 unspecified atom stereocenters. The van der Waals surface area contributed by atoms with E-state index in [4.69, 9.17) is 0 Å². The Morgan fingerprint density at radius 1 is 1.33 bits per heavy atom. The molecule has 1 aromatic carbocycles. The zero-order chi connectivity index (χ0) is 13.8. The number of nitrogens with one attached hydrogen (secondary N) is 2. The van der Waals surface area contributed by atoms with Crippen molar-refractivity contribution < 1.29 is 13.3 Å². The molecule has 0 heterocycles. The maximum absolute atomic E-state index is 12.1. The van der Waals surface area contributed by atoms with Crippen molar-refractivity contribution in [3.05, 3.63) is 28.2 Å². The summed E-state index contributed by atoms with van der Waals surface area (Å²) in [5, 5.41) is 0. The second-order valence-electron chi connectivity index (χ2n) is 4.62. The molecule has 0 spiro atoms. The summed E-state index contributed by atoms with van der Waals surface area (Å²) < 4.78 is 27.6. The van der Waals surface area contributed by atoms with Crippen LogP contribution in [0.15, 0.2) is 27.6 Å². The van der Waals surface area contributed by atoms with Gasteiger partial charge in [0.15, 0.2) is 0 Å². The lowest BCUT2D eigenvalue weighted by Crippen LogP contribution is -3.05. The highest BCUT2D eigenvalue weighted by Gasteiger charge is 2.16. The van der Waals surface area contributed by atoms with Gasteiger partial charge in [0.1, 0.15) is 0 Å². The van der Waals surface area contributed by atoms with Crippen molar-refractivity contribution in [3.8, 4) is 0 Å². The molecule has 0 amide bonds. The summed E-state index contributed by atoms with van der Waals surface area (Å²) in [5.41, 5.74) is 0.754. The third kappa shape index (κ3) is 4.68. The van der Waals surface area contributed by atoms with Crippen molar-refractivity contribution >= 4 is 26.0 Å². The molecule has 0 aromatic heterocycles. The predicted octanol–water partition coefficient (Wildman–Crippen LogP) is 0.570. The maximum atomic E-state index is 12.1. The first kappa shape index (κ1) is 15.6. The summed E-state index contributed by atoms with van der Waals surface area (Å²) in [6.45, 7) is 3.21. The van der Waals surface area contributed by atoms with E-state index in [2.05, 4.69) is 20.7 Å². The molecule has 0 aliphatic carbocycles. The van der Waals surface area contributed by atoms with Gasteiger partial charge < -0.3 is 4.90 Å². The van der Waals surface area contributed by atoms with Gasteiger partial charge in [-0.1, -0.05) is 22.0 Å². The first-order chi connectivity index (χ1) is 8.33. The van der Waals surface area contributed by atoms with E-state index in [1.807, 2.05) is 20.2 Å². The lowest BCUT2D eigenvalue weighted by Gasteiger charge is -2.10. The molecular formula is C12H20BrN2O2S+. The van der Waals surface area contributed by atoms with Crippen LogP contribution in [0.4, 0.5) is 0 Å². The van der Waals surface area contributed by atoms with E-state index in [0.717, 1.165) is 23.0 Å². The van der Waals surface area contributed by atoms with Gasteiger partial charge in [-0.05, 0) is 24.6 Å². The van der Waals surface area contributed by atoms with Gasteiger partial charge in [0.25, 0.3) is 0 Å². The third-order valence-corrected chi connectivity index (χ3v) is 4.68. The van der Waals surface area contributed by atoms with Crippen LogP contribution in [0.25, 0.3) is 0 Å². The second-order valence-corrected chi connectivity index (χ2v) is 7.27. The number of benzene rings is 1. The van der Waals surface area contributed by atoms with Gasteiger partial charge >= 0.3 is 0 Å². The van der Waals surface area contributed by atoms with Gasteiger partial charge in [0.2, 0.25) is 10.0 Å². The number of aryl methyl sites for hydroxylation is 1. The van der Waals surface area contributed by atoms with E-state index >= 15 is 0 Å². The van der Waals surface area contributed by atoms with E-state index in [9.17, 15) is 8.42 Å². The van der Waals surface area contributed by atoms with E-state index in [-0.39, 0.29) is 0 Å². The van der Waals surface area contributed by atoms with Crippen LogP contribution in [0.1, 0.15) is 12.0 Å². The highest BCUT2D eigenvalue weighted by Crippen LogP contribution is 2.20. The number of quaternary nitrogens is 1. The number of sulfonamides is 1. The van der Waals surface area contributed by atoms with Crippen molar-refractivity contribution in [2.45, 2.75) is 18.2 Å². The summed E-state index contributed by atoms with van der Waals surface area (Å²) >= 11 is 3.29. The Balaban J connectivity index is 2.71. The first-order valence-electron chi connectivity index (χ1n) is 5.88. The van der Waals surface area contributed by atoms with E-state index < -0.39 is 10.0 Å². The zero-order valence-electron chi connectivity index (χ0n) is 11.0. The monoisotopic (exact) mass is 335 g/mol. The van der Waals surface area contributed by atoms with Crippen molar-refractivity contribution in [2.24, 2.45) is 0 Å². The number of rotatable bonds is 6. The van der Waals surface area contributed by atoms with Gasteiger partial charge in [-0.15, -0.1) is 0 Å². The van der Waals surface area contributed by atoms with E-state index in [1.165, 1.54) is 4.90 Å². The fourth-order valence-electron chi connectivity index (χ4n) is 1.59. The zero-order valence-corrected chi connectivity index (χ0v) is 13.4. The van der Waals surface area contributed by atoms with Crippen LogP contribution in [0.2, 0.25) is 0 Å². The van der Waals surface area contributed by atoms with Crippen LogP contribution >= 0.6 is 15.9 Å². The Morgan fingerprint density at radius 3 is 2.61 bits per heavy atom. The molecule has 2 N–H and O–H groups in total. The largest absolute Gasteiger partial charge is 0.340 e. The predicted molar refractivity (Wildman–Crippen MR) is 76.4 cm³/mol. The van der Waals surface area contributed by atoms with Crippen LogP contribution in [0.3, 0.4) is 0 Å². The van der Waals surface area contributed by atoms with Crippen LogP contribution in [0, 0.1) is 6.92 Å². The Morgan fingerprint density at radius 2 is 2.00 bits per heavy atom. The average molecular weight is 336 g/mol. The normalized spacial score (nSPS) is 12.1. The molecule has 6 heteroatoms. The van der Waals surface area contributed by atoms with Crippen molar-refractivity contribution in [1.29, 1.82) is 0 Å². The molecule has 18 heavy (non-hydrogen) atoms. The molecule has 4 nitrogen and oxygen atoms in total. The van der Waals surface area contributed by atoms with Crippen molar-refractivity contribution in [1.82, 2.24) is 4.72 Å². The Hall–Kier alpha value is -0.430. The average Bonchev–Trinajstić information content (AvgIpc) is 2.27. The van der Waals surface area contributed by atoms with E-state index in [0.29, 0.717) is 11.4 Å². The quantitative estimate of drug-likeness (QED) is 0.747. The topological polar surface area (TPSA) is 50.6 Å². The van der Waals surface area contributed by atoms with E-state index in [1.54, 1.807) is 19.1 Å². The van der Waals surface area contributed by atoms with Gasteiger partial charge in [0.05, 0.1) is 25.5 Å². The lowest BCUT2D eigenvalue weighted by atomic mass is 10.2. The minimum atomic E-state index is -3.40. The Kier molecular flexibility index (Phi) is 5.78. The fourth-order valence-corrected chi connectivity index (χ4v) is 3.44. The minimum absolute atomic E-state index is 0.342. The van der Waals surface area contributed by atoms with Gasteiger partial charge in [-0.3, -0.25) is 0 Å². The molecule has 1 rings (SSSR count). The standard InChI is InChI=1S/C12H19BrN2O2S/c1-10-5-6-11(13)9-12(10)18(16,17)14-7-4-8-15(2)3/h5-6,9,14H,4,7-8H2,1-3H3/p+1. The molecule has 0 atom stereocenters. The number of hydrogen-bond donors (Lipinski definition) is 2. The van der Waals surface area contributed by atoms with Crippen LogP contribution < -0.4 is 9.62 Å². The maximum Gasteiger partial charge on any atom is 0.240 e. The Labute approximate surface area is 118 Å². The summed E-state index contributed by atoms with van der Waals surface area (Å²) in [6.07, 6.45) is 0.828.